The first-order valence-electron chi connectivity index (χ1n) is 13.4. The lowest BCUT2D eigenvalue weighted by atomic mass is 9.97. The molecule has 2 heterocycles. The molecule has 0 spiro atoms. The number of rotatable bonds is 12. The molecule has 0 unspecified atom stereocenters. The van der Waals surface area contributed by atoms with Gasteiger partial charge in [-0.1, -0.05) is 60.7 Å². The maximum Gasteiger partial charge on any atom is 0.303 e. The molecule has 0 bridgehead atoms. The normalized spacial score (nSPS) is 33.8. The summed E-state index contributed by atoms with van der Waals surface area (Å²) in [6.45, 7) is 0.745. The summed E-state index contributed by atoms with van der Waals surface area (Å²) in [7, 11) is 1.43. The van der Waals surface area contributed by atoms with Gasteiger partial charge >= 0.3 is 5.97 Å². The van der Waals surface area contributed by atoms with Crippen molar-refractivity contribution in [3.05, 3.63) is 71.8 Å². The maximum absolute atomic E-state index is 12.3. The number of carbonyl (C=O) groups excluding carboxylic acids is 1. The van der Waals surface area contributed by atoms with E-state index < -0.39 is 74.0 Å². The summed E-state index contributed by atoms with van der Waals surface area (Å²) in [6.07, 6.45) is -12.0. The quantitative estimate of drug-likeness (QED) is 0.255. The lowest BCUT2D eigenvalue weighted by Crippen LogP contribution is -2.63. The van der Waals surface area contributed by atoms with Crippen molar-refractivity contribution < 1.29 is 58.4 Å². The Kier molecular flexibility index (Phi) is 11.6. The van der Waals surface area contributed by atoms with Gasteiger partial charge in [-0.25, -0.2) is 0 Å². The highest BCUT2D eigenvalue weighted by atomic mass is 16.7. The Morgan fingerprint density at radius 1 is 0.732 bits per heavy atom. The second-order valence-corrected chi connectivity index (χ2v) is 9.91. The average Bonchev–Trinajstić information content (AvgIpc) is 2.99. The average molecular weight is 579 g/mol. The summed E-state index contributed by atoms with van der Waals surface area (Å²) in [5.41, 5.74) is 1.75. The zero-order valence-electron chi connectivity index (χ0n) is 22.9. The monoisotopic (exact) mass is 578 g/mol. The fourth-order valence-corrected chi connectivity index (χ4v) is 4.83. The summed E-state index contributed by atoms with van der Waals surface area (Å²) < 4.78 is 41.2. The van der Waals surface area contributed by atoms with Gasteiger partial charge in [-0.2, -0.15) is 0 Å². The molecule has 10 atom stereocenters. The van der Waals surface area contributed by atoms with E-state index in [1.165, 1.54) is 14.0 Å². The molecular formula is C29H38O12. The molecule has 0 aliphatic carbocycles. The molecule has 2 fully saturated rings. The zero-order chi connectivity index (χ0) is 29.4. The Hall–Kier alpha value is -2.49. The van der Waals surface area contributed by atoms with Crippen molar-refractivity contribution in [1.29, 1.82) is 0 Å². The number of esters is 1. The van der Waals surface area contributed by atoms with E-state index in [0.717, 1.165) is 11.1 Å². The smallest absolute Gasteiger partial charge is 0.303 e. The van der Waals surface area contributed by atoms with Crippen molar-refractivity contribution >= 4 is 5.97 Å². The fraction of sp³-hybridized carbons (Fsp3) is 0.552. The third-order valence-corrected chi connectivity index (χ3v) is 6.97. The van der Waals surface area contributed by atoms with Crippen LogP contribution in [0.25, 0.3) is 0 Å². The Balaban J connectivity index is 1.56. The van der Waals surface area contributed by atoms with E-state index in [-0.39, 0.29) is 19.8 Å². The molecule has 41 heavy (non-hydrogen) atoms. The summed E-state index contributed by atoms with van der Waals surface area (Å²) in [5.74, 6) is -0.568. The van der Waals surface area contributed by atoms with E-state index in [0.29, 0.717) is 0 Å². The minimum atomic E-state index is -1.61. The molecule has 0 aromatic heterocycles. The molecular weight excluding hydrogens is 540 g/mol. The van der Waals surface area contributed by atoms with Crippen molar-refractivity contribution in [3.8, 4) is 0 Å². The third kappa shape index (κ3) is 8.08. The largest absolute Gasteiger partial charge is 0.457 e. The van der Waals surface area contributed by atoms with Crippen LogP contribution < -0.4 is 0 Å². The van der Waals surface area contributed by atoms with E-state index in [2.05, 4.69) is 0 Å². The topological polar surface area (TPSA) is 163 Å². The van der Waals surface area contributed by atoms with Gasteiger partial charge in [-0.05, 0) is 11.1 Å². The molecule has 0 radical (unpaired) electrons. The van der Waals surface area contributed by atoms with E-state index >= 15 is 0 Å². The van der Waals surface area contributed by atoms with Gasteiger partial charge in [0.25, 0.3) is 0 Å². The molecule has 4 rings (SSSR count). The van der Waals surface area contributed by atoms with E-state index in [1.54, 1.807) is 0 Å². The molecule has 0 amide bonds. The van der Waals surface area contributed by atoms with Crippen LogP contribution in [-0.2, 0) is 51.2 Å². The molecule has 12 nitrogen and oxygen atoms in total. The van der Waals surface area contributed by atoms with Crippen LogP contribution in [0.15, 0.2) is 60.7 Å². The van der Waals surface area contributed by atoms with Crippen LogP contribution in [-0.4, -0.2) is 108 Å². The van der Waals surface area contributed by atoms with E-state index in [9.17, 15) is 25.2 Å². The lowest BCUT2D eigenvalue weighted by Gasteiger charge is -2.45. The number of aliphatic hydroxyl groups excluding tert-OH is 4. The summed E-state index contributed by atoms with van der Waals surface area (Å²) in [5, 5.41) is 40.2. The first kappa shape index (κ1) is 31.4. The molecule has 2 aromatic carbocycles. The van der Waals surface area contributed by atoms with Crippen LogP contribution in [0, 0.1) is 0 Å². The minimum absolute atomic E-state index is 0.145. The molecule has 2 aliphatic rings. The second kappa shape index (κ2) is 15.1. The summed E-state index contributed by atoms with van der Waals surface area (Å²) in [6, 6.07) is 18.8. The van der Waals surface area contributed by atoms with Gasteiger partial charge in [-0.3, -0.25) is 4.79 Å². The first-order valence-corrected chi connectivity index (χ1v) is 13.4. The van der Waals surface area contributed by atoms with Crippen molar-refractivity contribution in [2.75, 3.05) is 20.3 Å². The van der Waals surface area contributed by atoms with Crippen LogP contribution in [0.4, 0.5) is 0 Å². The number of aliphatic hydroxyl groups is 4. The predicted molar refractivity (Wildman–Crippen MR) is 141 cm³/mol. The van der Waals surface area contributed by atoms with Gasteiger partial charge in [0, 0.05) is 14.0 Å². The zero-order valence-corrected chi connectivity index (χ0v) is 22.9. The third-order valence-electron chi connectivity index (χ3n) is 6.97. The van der Waals surface area contributed by atoms with Gasteiger partial charge < -0.3 is 53.6 Å². The van der Waals surface area contributed by atoms with Crippen LogP contribution in [0.3, 0.4) is 0 Å². The number of benzene rings is 2. The van der Waals surface area contributed by atoms with Gasteiger partial charge in [-0.15, -0.1) is 0 Å². The van der Waals surface area contributed by atoms with E-state index in [4.69, 9.17) is 33.2 Å². The highest BCUT2D eigenvalue weighted by molar-refractivity contribution is 5.66. The minimum Gasteiger partial charge on any atom is -0.457 e. The Bertz CT molecular complexity index is 1050. The van der Waals surface area contributed by atoms with Gasteiger partial charge in [0.1, 0.15) is 42.7 Å². The number of carbonyl (C=O) groups is 1. The summed E-state index contributed by atoms with van der Waals surface area (Å²) >= 11 is 0. The highest BCUT2D eigenvalue weighted by Crippen LogP contribution is 2.31. The Morgan fingerprint density at radius 3 is 1.83 bits per heavy atom. The number of hydrogen-bond donors (Lipinski definition) is 4. The standard InChI is InChI=1S/C29H38O12/c1-17(31)39-26-25(36-14-18-9-5-3-6-10-18)21(16-38-28-24(34)23(33)22(32)20(13-30)40-28)41-29(35-2)27(26)37-15-19-11-7-4-8-12-19/h3-12,20-30,32-34H,13-16H2,1-2H3/t20-,21-,22-,23+,24+,25-,26+,27+,28+,29+/m1/s1. The molecule has 2 aromatic rings. The van der Waals surface area contributed by atoms with Crippen molar-refractivity contribution in [2.45, 2.75) is 81.5 Å². The maximum atomic E-state index is 12.3. The van der Waals surface area contributed by atoms with Gasteiger partial charge in [0.15, 0.2) is 18.7 Å². The van der Waals surface area contributed by atoms with Crippen LogP contribution in [0.2, 0.25) is 0 Å². The summed E-state index contributed by atoms with van der Waals surface area (Å²) in [4.78, 5) is 12.3. The fourth-order valence-electron chi connectivity index (χ4n) is 4.83. The van der Waals surface area contributed by atoms with Crippen molar-refractivity contribution in [2.24, 2.45) is 0 Å². The molecule has 2 saturated heterocycles. The number of ether oxygens (including phenoxy) is 7. The molecule has 226 valence electrons. The lowest BCUT2D eigenvalue weighted by molar-refractivity contribution is -0.337. The Morgan fingerprint density at radius 2 is 1.29 bits per heavy atom. The van der Waals surface area contributed by atoms with Gasteiger partial charge in [0.2, 0.25) is 0 Å². The number of hydrogen-bond acceptors (Lipinski definition) is 12. The molecule has 12 heteroatoms. The number of methoxy groups -OCH3 is 1. The van der Waals surface area contributed by atoms with Crippen LogP contribution >= 0.6 is 0 Å². The molecule has 4 N–H and O–H groups in total. The van der Waals surface area contributed by atoms with Crippen molar-refractivity contribution in [3.63, 3.8) is 0 Å². The second-order valence-electron chi connectivity index (χ2n) is 9.91. The Labute approximate surface area is 238 Å². The predicted octanol–water partition coefficient (Wildman–Crippen LogP) is 0.277. The van der Waals surface area contributed by atoms with Crippen LogP contribution in [0.5, 0.6) is 0 Å². The van der Waals surface area contributed by atoms with E-state index in [1.807, 2.05) is 60.7 Å². The van der Waals surface area contributed by atoms with Gasteiger partial charge in [0.05, 0.1) is 26.4 Å². The molecule has 0 saturated carbocycles. The molecule has 2 aliphatic heterocycles. The van der Waals surface area contributed by atoms with Crippen LogP contribution in [0.1, 0.15) is 18.1 Å². The highest BCUT2D eigenvalue weighted by Gasteiger charge is 2.51. The first-order chi connectivity index (χ1) is 19.8. The SMILES string of the molecule is CO[C@H]1O[C@H](CO[C@H]2O[C@H](CO)[C@@H](O)[C@H](O)[C@@H]2O)[C@@H](OCc2ccccc2)[C@H](OC(C)=O)[C@@H]1OCc1ccccc1. The van der Waals surface area contributed by atoms with Crippen molar-refractivity contribution in [1.82, 2.24) is 0 Å².